The lowest BCUT2D eigenvalue weighted by Gasteiger charge is -2.13. The first-order valence-corrected chi connectivity index (χ1v) is 6.30. The molecule has 0 aliphatic rings. The number of nitrogens with two attached hydrogens (primary N) is 1. The van der Waals surface area contributed by atoms with Crippen LogP contribution in [0.5, 0.6) is 5.75 Å². The molecule has 3 N–H and O–H groups in total. The van der Waals surface area contributed by atoms with Crippen LogP contribution in [0.2, 0.25) is 10.0 Å². The van der Waals surface area contributed by atoms with Gasteiger partial charge in [-0.15, -0.1) is 0 Å². The second-order valence-corrected chi connectivity index (χ2v) is 4.97. The van der Waals surface area contributed by atoms with E-state index in [1.54, 1.807) is 24.3 Å². The standard InChI is InChI=1S/C14H13Cl2NO/c15-12-6-3-10(8-13(12)16)14(17)7-9-1-4-11(18)5-2-9/h1-6,8,14,18H,7,17H2. The third kappa shape index (κ3) is 3.16. The Morgan fingerprint density at radius 2 is 1.67 bits per heavy atom. The van der Waals surface area contributed by atoms with Crippen molar-refractivity contribution in [1.29, 1.82) is 0 Å². The second-order valence-electron chi connectivity index (χ2n) is 4.15. The molecule has 0 heterocycles. The SMILES string of the molecule is NC(Cc1ccc(O)cc1)c1ccc(Cl)c(Cl)c1. The smallest absolute Gasteiger partial charge is 0.115 e. The zero-order valence-electron chi connectivity index (χ0n) is 9.61. The molecular formula is C14H13Cl2NO. The van der Waals surface area contributed by atoms with Gasteiger partial charge in [0.25, 0.3) is 0 Å². The van der Waals surface area contributed by atoms with Gasteiger partial charge >= 0.3 is 0 Å². The van der Waals surface area contributed by atoms with Crippen LogP contribution in [0.1, 0.15) is 17.2 Å². The molecule has 0 amide bonds. The Labute approximate surface area is 116 Å². The lowest BCUT2D eigenvalue weighted by molar-refractivity contribution is 0.475. The Morgan fingerprint density at radius 1 is 1.00 bits per heavy atom. The highest BCUT2D eigenvalue weighted by Gasteiger charge is 2.09. The molecule has 0 aromatic heterocycles. The number of hydrogen-bond donors (Lipinski definition) is 2. The summed E-state index contributed by atoms with van der Waals surface area (Å²) in [5.41, 5.74) is 8.12. The molecule has 1 unspecified atom stereocenters. The van der Waals surface area contributed by atoms with Gasteiger partial charge in [0.15, 0.2) is 0 Å². The third-order valence-corrected chi connectivity index (χ3v) is 3.50. The van der Waals surface area contributed by atoms with E-state index in [-0.39, 0.29) is 11.8 Å². The van der Waals surface area contributed by atoms with Crippen molar-refractivity contribution >= 4 is 23.2 Å². The summed E-state index contributed by atoms with van der Waals surface area (Å²) >= 11 is 11.8. The molecule has 94 valence electrons. The molecule has 18 heavy (non-hydrogen) atoms. The maximum absolute atomic E-state index is 9.21. The van der Waals surface area contributed by atoms with E-state index in [1.165, 1.54) is 0 Å². The first-order valence-electron chi connectivity index (χ1n) is 5.54. The van der Waals surface area contributed by atoms with E-state index in [4.69, 9.17) is 28.9 Å². The zero-order valence-corrected chi connectivity index (χ0v) is 11.1. The van der Waals surface area contributed by atoms with Crippen molar-refractivity contribution in [2.45, 2.75) is 12.5 Å². The minimum Gasteiger partial charge on any atom is -0.508 e. The zero-order chi connectivity index (χ0) is 13.1. The fraction of sp³-hybridized carbons (Fsp3) is 0.143. The molecule has 0 fully saturated rings. The lowest BCUT2D eigenvalue weighted by Crippen LogP contribution is -2.13. The van der Waals surface area contributed by atoms with Gasteiger partial charge in [-0.25, -0.2) is 0 Å². The van der Waals surface area contributed by atoms with Crippen molar-refractivity contribution in [3.05, 3.63) is 63.6 Å². The third-order valence-electron chi connectivity index (χ3n) is 2.76. The van der Waals surface area contributed by atoms with E-state index in [0.717, 1.165) is 11.1 Å². The molecule has 2 nitrogen and oxygen atoms in total. The number of benzene rings is 2. The van der Waals surface area contributed by atoms with Crippen molar-refractivity contribution in [1.82, 2.24) is 0 Å². The average molecular weight is 282 g/mol. The highest BCUT2D eigenvalue weighted by atomic mass is 35.5. The van der Waals surface area contributed by atoms with Crippen molar-refractivity contribution in [2.75, 3.05) is 0 Å². The normalized spacial score (nSPS) is 12.4. The summed E-state index contributed by atoms with van der Waals surface area (Å²) in [5.74, 6) is 0.252. The number of hydrogen-bond acceptors (Lipinski definition) is 2. The lowest BCUT2D eigenvalue weighted by atomic mass is 10.00. The van der Waals surface area contributed by atoms with Gasteiger partial charge < -0.3 is 10.8 Å². The van der Waals surface area contributed by atoms with Crippen molar-refractivity contribution in [2.24, 2.45) is 5.73 Å². The maximum Gasteiger partial charge on any atom is 0.115 e. The van der Waals surface area contributed by atoms with E-state index in [2.05, 4.69) is 0 Å². The highest BCUT2D eigenvalue weighted by Crippen LogP contribution is 2.26. The van der Waals surface area contributed by atoms with Gasteiger partial charge in [-0.1, -0.05) is 41.4 Å². The first-order chi connectivity index (χ1) is 8.56. The Morgan fingerprint density at radius 3 is 2.28 bits per heavy atom. The fourth-order valence-corrected chi connectivity index (χ4v) is 2.05. The predicted molar refractivity (Wildman–Crippen MR) is 75.2 cm³/mol. The number of aromatic hydroxyl groups is 1. The minimum absolute atomic E-state index is 0.149. The molecule has 0 radical (unpaired) electrons. The Balaban J connectivity index is 2.13. The quantitative estimate of drug-likeness (QED) is 0.895. The van der Waals surface area contributed by atoms with Crippen LogP contribution in [0.25, 0.3) is 0 Å². The highest BCUT2D eigenvalue weighted by molar-refractivity contribution is 6.42. The average Bonchev–Trinajstić information content (AvgIpc) is 2.35. The van der Waals surface area contributed by atoms with E-state index in [0.29, 0.717) is 16.5 Å². The number of phenolic OH excluding ortho intramolecular Hbond substituents is 1. The van der Waals surface area contributed by atoms with Gasteiger partial charge in [0, 0.05) is 6.04 Å². The minimum atomic E-state index is -0.149. The van der Waals surface area contributed by atoms with E-state index in [9.17, 15) is 5.11 Å². The van der Waals surface area contributed by atoms with Crippen LogP contribution in [-0.4, -0.2) is 5.11 Å². The summed E-state index contributed by atoms with van der Waals surface area (Å²) < 4.78 is 0. The summed E-state index contributed by atoms with van der Waals surface area (Å²) in [5, 5.41) is 10.2. The van der Waals surface area contributed by atoms with Crippen LogP contribution < -0.4 is 5.73 Å². The number of phenols is 1. The van der Waals surface area contributed by atoms with Gasteiger partial charge in [-0.3, -0.25) is 0 Å². The molecular weight excluding hydrogens is 269 g/mol. The van der Waals surface area contributed by atoms with Gasteiger partial charge in [0.1, 0.15) is 5.75 Å². The molecule has 2 aromatic rings. The summed E-state index contributed by atoms with van der Waals surface area (Å²) in [6.45, 7) is 0. The molecule has 0 saturated carbocycles. The van der Waals surface area contributed by atoms with E-state index < -0.39 is 0 Å². The molecule has 1 atom stereocenters. The second kappa shape index (κ2) is 5.61. The molecule has 0 bridgehead atoms. The van der Waals surface area contributed by atoms with Gasteiger partial charge in [0.2, 0.25) is 0 Å². The van der Waals surface area contributed by atoms with Gasteiger partial charge in [-0.05, 0) is 41.8 Å². The van der Waals surface area contributed by atoms with Crippen molar-refractivity contribution < 1.29 is 5.11 Å². The van der Waals surface area contributed by atoms with Crippen LogP contribution >= 0.6 is 23.2 Å². The summed E-state index contributed by atoms with van der Waals surface area (Å²) in [6.07, 6.45) is 0.679. The Kier molecular flexibility index (Phi) is 4.12. The summed E-state index contributed by atoms with van der Waals surface area (Å²) in [7, 11) is 0. The molecule has 2 aromatic carbocycles. The van der Waals surface area contributed by atoms with E-state index in [1.807, 2.05) is 18.2 Å². The molecule has 0 saturated heterocycles. The molecule has 0 spiro atoms. The summed E-state index contributed by atoms with van der Waals surface area (Å²) in [4.78, 5) is 0. The topological polar surface area (TPSA) is 46.2 Å². The fourth-order valence-electron chi connectivity index (χ4n) is 1.75. The Hall–Kier alpha value is -1.22. The van der Waals surface area contributed by atoms with Gasteiger partial charge in [0.05, 0.1) is 10.0 Å². The van der Waals surface area contributed by atoms with Crippen molar-refractivity contribution in [3.63, 3.8) is 0 Å². The number of rotatable bonds is 3. The first kappa shape index (κ1) is 13.2. The van der Waals surface area contributed by atoms with Crippen LogP contribution in [0.3, 0.4) is 0 Å². The molecule has 2 rings (SSSR count). The van der Waals surface area contributed by atoms with Crippen LogP contribution in [0.15, 0.2) is 42.5 Å². The Bertz CT molecular complexity index is 540. The largest absolute Gasteiger partial charge is 0.508 e. The van der Waals surface area contributed by atoms with Crippen LogP contribution in [0.4, 0.5) is 0 Å². The molecule has 0 aliphatic heterocycles. The van der Waals surface area contributed by atoms with Gasteiger partial charge in [-0.2, -0.15) is 0 Å². The van der Waals surface area contributed by atoms with E-state index >= 15 is 0 Å². The van der Waals surface area contributed by atoms with Crippen LogP contribution in [0, 0.1) is 0 Å². The van der Waals surface area contributed by atoms with Crippen LogP contribution in [-0.2, 0) is 6.42 Å². The maximum atomic E-state index is 9.21. The summed E-state index contributed by atoms with van der Waals surface area (Å²) in [6, 6.07) is 12.3. The monoisotopic (exact) mass is 281 g/mol. The van der Waals surface area contributed by atoms with Crippen molar-refractivity contribution in [3.8, 4) is 5.75 Å². The molecule has 0 aliphatic carbocycles. The predicted octanol–water partition coefficient (Wildman–Crippen LogP) is 3.94. The molecule has 4 heteroatoms. The number of halogens is 2.